The fraction of sp³-hybridized carbons (Fsp3) is 0.481. The number of aryl methyl sites for hydroxylation is 1. The summed E-state index contributed by atoms with van der Waals surface area (Å²) in [6, 6.07) is 16.3. The van der Waals surface area contributed by atoms with Crippen LogP contribution in [0.2, 0.25) is 0 Å². The third-order valence-electron chi connectivity index (χ3n) is 6.67. The molecular formula is C27H37N3O4S. The molecule has 1 atom stereocenters. The number of amides is 2. The van der Waals surface area contributed by atoms with Gasteiger partial charge >= 0.3 is 0 Å². The summed E-state index contributed by atoms with van der Waals surface area (Å²) in [5.74, 6) is -0.301. The molecule has 0 aromatic heterocycles. The highest BCUT2D eigenvalue weighted by Gasteiger charge is 2.29. The molecule has 35 heavy (non-hydrogen) atoms. The highest BCUT2D eigenvalue weighted by atomic mass is 32.2. The zero-order valence-corrected chi connectivity index (χ0v) is 21.8. The lowest BCUT2D eigenvalue weighted by Gasteiger charge is -2.30. The Bertz CT molecular complexity index is 1100. The number of anilines is 1. The summed E-state index contributed by atoms with van der Waals surface area (Å²) in [5.41, 5.74) is 2.62. The van der Waals surface area contributed by atoms with Crippen molar-refractivity contribution in [3.8, 4) is 0 Å². The van der Waals surface area contributed by atoms with E-state index >= 15 is 0 Å². The quantitative estimate of drug-likeness (QED) is 0.506. The van der Waals surface area contributed by atoms with Gasteiger partial charge in [-0.25, -0.2) is 8.42 Å². The maximum absolute atomic E-state index is 13.4. The number of benzene rings is 2. The summed E-state index contributed by atoms with van der Waals surface area (Å²) in [4.78, 5) is 28.0. The van der Waals surface area contributed by atoms with Crippen molar-refractivity contribution in [2.75, 3.05) is 17.1 Å². The zero-order chi connectivity index (χ0) is 25.4. The minimum atomic E-state index is -3.49. The predicted molar refractivity (Wildman–Crippen MR) is 139 cm³/mol. The molecular weight excluding hydrogens is 462 g/mol. The van der Waals surface area contributed by atoms with Gasteiger partial charge in [-0.1, -0.05) is 55.3 Å². The highest BCUT2D eigenvalue weighted by Crippen LogP contribution is 2.21. The minimum Gasteiger partial charge on any atom is -0.352 e. The maximum atomic E-state index is 13.4. The molecule has 1 aliphatic rings. The van der Waals surface area contributed by atoms with Crippen LogP contribution < -0.4 is 9.62 Å². The fourth-order valence-electron chi connectivity index (χ4n) is 4.54. The molecule has 3 rings (SSSR count). The molecule has 2 aromatic rings. The van der Waals surface area contributed by atoms with Crippen molar-refractivity contribution in [3.63, 3.8) is 0 Å². The first-order valence-corrected chi connectivity index (χ1v) is 14.2. The lowest BCUT2D eigenvalue weighted by molar-refractivity contribution is -0.141. The summed E-state index contributed by atoms with van der Waals surface area (Å²) >= 11 is 0. The van der Waals surface area contributed by atoms with Crippen LogP contribution >= 0.6 is 0 Å². The molecule has 0 heterocycles. The first kappa shape index (κ1) is 26.7. The average molecular weight is 500 g/mol. The number of rotatable bonds is 11. The normalized spacial score (nSPS) is 14.9. The molecule has 1 fully saturated rings. The standard InChI is InChI=1S/C27H37N3O4S/c1-21-12-7-8-13-23(21)20-29(22(2)27(32)28-24-14-9-10-15-24)26(31)18-11-19-30(35(3,33)34)25-16-5-4-6-17-25/h4-8,12-13,16-17,22,24H,9-11,14-15,18-20H2,1-3H3,(H,28,32)/t22-/m0/s1. The SMILES string of the molecule is Cc1ccccc1CN(C(=O)CCCN(c1ccccc1)S(C)(=O)=O)[C@@H](C)C(=O)NC1CCCC1. The van der Waals surface area contributed by atoms with Gasteiger partial charge in [0.1, 0.15) is 6.04 Å². The number of hydrogen-bond donors (Lipinski definition) is 1. The first-order valence-electron chi connectivity index (χ1n) is 12.3. The molecule has 190 valence electrons. The second-order valence-corrected chi connectivity index (χ2v) is 11.3. The van der Waals surface area contributed by atoms with Crippen LogP contribution in [-0.2, 0) is 26.2 Å². The van der Waals surface area contributed by atoms with Crippen LogP contribution in [0.25, 0.3) is 0 Å². The molecule has 2 amide bonds. The van der Waals surface area contributed by atoms with Gasteiger partial charge in [0.05, 0.1) is 11.9 Å². The van der Waals surface area contributed by atoms with Crippen LogP contribution in [0.5, 0.6) is 0 Å². The number of sulfonamides is 1. The number of nitrogens with zero attached hydrogens (tertiary/aromatic N) is 2. The van der Waals surface area contributed by atoms with Crippen LogP contribution in [-0.4, -0.2) is 50.0 Å². The molecule has 0 spiro atoms. The molecule has 1 N–H and O–H groups in total. The number of nitrogens with one attached hydrogen (secondary N) is 1. The Labute approximate surface area is 209 Å². The second-order valence-electron chi connectivity index (χ2n) is 9.39. The first-order chi connectivity index (χ1) is 16.7. The Hall–Kier alpha value is -2.87. The Morgan fingerprint density at radius 1 is 1.03 bits per heavy atom. The Morgan fingerprint density at radius 2 is 1.66 bits per heavy atom. The molecule has 0 bridgehead atoms. The van der Waals surface area contributed by atoms with Gasteiger partial charge in [-0.3, -0.25) is 13.9 Å². The van der Waals surface area contributed by atoms with E-state index in [2.05, 4.69) is 5.32 Å². The van der Waals surface area contributed by atoms with Crippen LogP contribution in [0, 0.1) is 6.92 Å². The number of hydrogen-bond acceptors (Lipinski definition) is 4. The predicted octanol–water partition coefficient (Wildman–Crippen LogP) is 4.02. The van der Waals surface area contributed by atoms with Gasteiger partial charge in [-0.15, -0.1) is 0 Å². The van der Waals surface area contributed by atoms with Crippen LogP contribution in [0.4, 0.5) is 5.69 Å². The van der Waals surface area contributed by atoms with E-state index in [1.54, 1.807) is 36.1 Å². The summed E-state index contributed by atoms with van der Waals surface area (Å²) in [7, 11) is -3.49. The summed E-state index contributed by atoms with van der Waals surface area (Å²) < 4.78 is 26.0. The topological polar surface area (TPSA) is 86.8 Å². The molecule has 0 saturated heterocycles. The van der Waals surface area contributed by atoms with Crippen molar-refractivity contribution in [2.24, 2.45) is 0 Å². The van der Waals surface area contributed by atoms with Gasteiger partial charge in [-0.2, -0.15) is 0 Å². The number of para-hydroxylation sites is 1. The van der Waals surface area contributed by atoms with Crippen molar-refractivity contribution >= 4 is 27.5 Å². The van der Waals surface area contributed by atoms with Gasteiger partial charge in [0.25, 0.3) is 0 Å². The van der Waals surface area contributed by atoms with Crippen molar-refractivity contribution in [3.05, 3.63) is 65.7 Å². The lowest BCUT2D eigenvalue weighted by Crippen LogP contribution is -2.49. The van der Waals surface area contributed by atoms with Gasteiger partial charge in [0.2, 0.25) is 21.8 Å². The molecule has 8 heteroatoms. The number of carbonyl (C=O) groups is 2. The van der Waals surface area contributed by atoms with Crippen molar-refractivity contribution in [2.45, 2.75) is 71.0 Å². The molecule has 0 aliphatic heterocycles. The maximum Gasteiger partial charge on any atom is 0.242 e. The van der Waals surface area contributed by atoms with Gasteiger partial charge in [0, 0.05) is 25.6 Å². The minimum absolute atomic E-state index is 0.138. The fourth-order valence-corrected chi connectivity index (χ4v) is 5.51. The van der Waals surface area contributed by atoms with Crippen molar-refractivity contribution < 1.29 is 18.0 Å². The third kappa shape index (κ3) is 7.56. The van der Waals surface area contributed by atoms with Gasteiger partial charge in [0.15, 0.2) is 0 Å². The average Bonchev–Trinajstić information content (AvgIpc) is 3.33. The van der Waals surface area contributed by atoms with E-state index in [4.69, 9.17) is 0 Å². The zero-order valence-electron chi connectivity index (χ0n) is 20.9. The molecule has 1 aliphatic carbocycles. The van der Waals surface area contributed by atoms with E-state index in [-0.39, 0.29) is 30.8 Å². The van der Waals surface area contributed by atoms with Crippen molar-refractivity contribution in [1.82, 2.24) is 10.2 Å². The smallest absolute Gasteiger partial charge is 0.242 e. The summed E-state index contributed by atoms with van der Waals surface area (Å²) in [6.45, 7) is 4.28. The summed E-state index contributed by atoms with van der Waals surface area (Å²) in [6.07, 6.45) is 5.85. The second kappa shape index (κ2) is 12.2. The Morgan fingerprint density at radius 3 is 2.29 bits per heavy atom. The van der Waals surface area contributed by atoms with E-state index in [1.807, 2.05) is 37.3 Å². The van der Waals surface area contributed by atoms with Crippen LogP contribution in [0.1, 0.15) is 56.6 Å². The van der Waals surface area contributed by atoms with E-state index in [1.165, 1.54) is 10.6 Å². The van der Waals surface area contributed by atoms with Gasteiger partial charge in [-0.05, 0) is 56.4 Å². The summed E-state index contributed by atoms with van der Waals surface area (Å²) in [5, 5.41) is 3.11. The van der Waals surface area contributed by atoms with Crippen LogP contribution in [0.15, 0.2) is 54.6 Å². The third-order valence-corrected chi connectivity index (χ3v) is 7.86. The van der Waals surface area contributed by atoms with E-state index in [0.717, 1.165) is 36.8 Å². The monoisotopic (exact) mass is 499 g/mol. The van der Waals surface area contributed by atoms with Crippen molar-refractivity contribution in [1.29, 1.82) is 0 Å². The molecule has 0 unspecified atom stereocenters. The van der Waals surface area contributed by atoms with E-state index < -0.39 is 16.1 Å². The van der Waals surface area contributed by atoms with E-state index in [9.17, 15) is 18.0 Å². The lowest BCUT2D eigenvalue weighted by atomic mass is 10.1. The highest BCUT2D eigenvalue weighted by molar-refractivity contribution is 7.92. The Balaban J connectivity index is 1.71. The molecule has 7 nitrogen and oxygen atoms in total. The van der Waals surface area contributed by atoms with Crippen LogP contribution in [0.3, 0.4) is 0 Å². The Kier molecular flexibility index (Phi) is 9.32. The van der Waals surface area contributed by atoms with E-state index in [0.29, 0.717) is 18.7 Å². The number of carbonyl (C=O) groups excluding carboxylic acids is 2. The molecule has 1 saturated carbocycles. The largest absolute Gasteiger partial charge is 0.352 e. The molecule has 0 radical (unpaired) electrons. The van der Waals surface area contributed by atoms with Gasteiger partial charge < -0.3 is 10.2 Å². The molecule has 2 aromatic carbocycles.